The zero-order chi connectivity index (χ0) is 11.7. The number of halogens is 4. The van der Waals surface area contributed by atoms with Crippen LogP contribution in [0, 0.1) is 11.8 Å². The quantitative estimate of drug-likeness (QED) is 0.585. The van der Waals surface area contributed by atoms with Gasteiger partial charge in [0.2, 0.25) is 5.95 Å². The van der Waals surface area contributed by atoms with Crippen molar-refractivity contribution in [1.29, 1.82) is 0 Å². The number of aromatic nitrogens is 3. The van der Waals surface area contributed by atoms with Crippen molar-refractivity contribution in [2.45, 2.75) is 0 Å². The largest absolute Gasteiger partial charge is 0.228 e. The molecule has 0 aliphatic rings. The maximum absolute atomic E-state index is 13.0. The average molecular weight is 262 g/mol. The van der Waals surface area contributed by atoms with E-state index in [0.717, 1.165) is 6.07 Å². The van der Waals surface area contributed by atoms with Crippen molar-refractivity contribution in [2.24, 2.45) is 0 Å². The summed E-state index contributed by atoms with van der Waals surface area (Å²) in [5, 5.41) is -0.820. The molecule has 0 bridgehead atoms. The van der Waals surface area contributed by atoms with Crippen LogP contribution in [0.5, 0.6) is 0 Å². The van der Waals surface area contributed by atoms with Gasteiger partial charge in [0.25, 0.3) is 0 Å². The van der Waals surface area contributed by atoms with Crippen molar-refractivity contribution >= 4 is 23.2 Å². The van der Waals surface area contributed by atoms with Crippen LogP contribution in [0.3, 0.4) is 0 Å². The lowest BCUT2D eigenvalue weighted by atomic mass is 10.2. The molecule has 0 saturated heterocycles. The molecule has 0 fully saturated rings. The summed E-state index contributed by atoms with van der Waals surface area (Å²) in [6, 6.07) is 2.56. The van der Waals surface area contributed by atoms with Crippen LogP contribution in [0.2, 0.25) is 10.3 Å². The van der Waals surface area contributed by atoms with Crippen molar-refractivity contribution in [1.82, 2.24) is 15.0 Å². The second-order valence-corrected chi connectivity index (χ2v) is 3.53. The van der Waals surface area contributed by atoms with E-state index in [2.05, 4.69) is 15.0 Å². The van der Waals surface area contributed by atoms with E-state index in [1.165, 1.54) is 12.3 Å². The first-order valence-electron chi connectivity index (χ1n) is 4.08. The van der Waals surface area contributed by atoms with Gasteiger partial charge in [-0.3, -0.25) is 0 Å². The third-order valence-corrected chi connectivity index (χ3v) is 2.26. The predicted molar refractivity (Wildman–Crippen MR) is 55.2 cm³/mol. The van der Waals surface area contributed by atoms with E-state index in [-0.39, 0.29) is 5.82 Å². The highest BCUT2D eigenvalue weighted by Crippen LogP contribution is 2.23. The van der Waals surface area contributed by atoms with E-state index in [9.17, 15) is 8.78 Å². The predicted octanol–water partition coefficient (Wildman–Crippen LogP) is 3.12. The normalized spacial score (nSPS) is 10.5. The van der Waals surface area contributed by atoms with Crippen molar-refractivity contribution in [3.05, 3.63) is 40.4 Å². The molecule has 2 rings (SSSR count). The Morgan fingerprint density at radius 2 is 1.69 bits per heavy atom. The first kappa shape index (κ1) is 11.2. The first-order valence-corrected chi connectivity index (χ1v) is 4.84. The highest BCUT2D eigenvalue weighted by atomic mass is 35.5. The lowest BCUT2D eigenvalue weighted by molar-refractivity contribution is 0.584. The van der Waals surface area contributed by atoms with E-state index < -0.39 is 22.1 Å². The first-order chi connectivity index (χ1) is 7.58. The lowest BCUT2D eigenvalue weighted by Crippen LogP contribution is -1.95. The average Bonchev–Trinajstić information content (AvgIpc) is 2.25. The molecule has 0 unspecified atom stereocenters. The number of hydrogen-bond acceptors (Lipinski definition) is 3. The molecular formula is C9H3Cl2F2N3. The van der Waals surface area contributed by atoms with Gasteiger partial charge in [-0.1, -0.05) is 23.2 Å². The minimum absolute atomic E-state index is 0.0395. The van der Waals surface area contributed by atoms with Crippen molar-refractivity contribution in [3.63, 3.8) is 0 Å². The summed E-state index contributed by atoms with van der Waals surface area (Å²) in [5.74, 6) is -1.56. The second-order valence-electron chi connectivity index (χ2n) is 2.81. The molecule has 0 aliphatic heterocycles. The standard InChI is InChI=1S/C9H3Cl2F2N3/c10-7-6(13)8(11)16-9(15-7)4-1-2-14-5(12)3-4/h1-3H. The molecule has 0 N–H and O–H groups in total. The zero-order valence-electron chi connectivity index (χ0n) is 7.59. The van der Waals surface area contributed by atoms with E-state index in [1.807, 2.05) is 0 Å². The van der Waals surface area contributed by atoms with Gasteiger partial charge in [-0.25, -0.2) is 19.3 Å². The summed E-state index contributed by atoms with van der Waals surface area (Å²) in [5.41, 5.74) is 0.316. The molecule has 0 saturated carbocycles. The second kappa shape index (κ2) is 4.27. The van der Waals surface area contributed by atoms with Gasteiger partial charge in [0, 0.05) is 17.8 Å². The van der Waals surface area contributed by atoms with Crippen LogP contribution < -0.4 is 0 Å². The van der Waals surface area contributed by atoms with E-state index >= 15 is 0 Å². The fourth-order valence-corrected chi connectivity index (χ4v) is 1.45. The van der Waals surface area contributed by atoms with Crippen LogP contribution in [0.4, 0.5) is 8.78 Å². The fourth-order valence-electron chi connectivity index (χ4n) is 1.06. The molecule has 16 heavy (non-hydrogen) atoms. The van der Waals surface area contributed by atoms with E-state index in [1.54, 1.807) is 0 Å². The van der Waals surface area contributed by atoms with Gasteiger partial charge in [-0.2, -0.15) is 4.39 Å². The minimum Gasteiger partial charge on any atom is -0.228 e. The Morgan fingerprint density at radius 3 is 2.25 bits per heavy atom. The Bertz CT molecular complexity index is 525. The number of hydrogen-bond donors (Lipinski definition) is 0. The SMILES string of the molecule is Fc1cc(-c2nc(Cl)c(F)c(Cl)n2)ccn1. The summed E-state index contributed by atoms with van der Waals surface area (Å²) in [6.07, 6.45) is 1.24. The fraction of sp³-hybridized carbons (Fsp3) is 0. The van der Waals surface area contributed by atoms with Gasteiger partial charge in [0.1, 0.15) is 0 Å². The third-order valence-electron chi connectivity index (χ3n) is 1.76. The third kappa shape index (κ3) is 2.10. The van der Waals surface area contributed by atoms with E-state index in [0.29, 0.717) is 5.56 Å². The molecule has 0 atom stereocenters. The summed E-state index contributed by atoms with van der Waals surface area (Å²) < 4.78 is 25.9. The Morgan fingerprint density at radius 1 is 1.06 bits per heavy atom. The van der Waals surface area contributed by atoms with Crippen LogP contribution in [0.1, 0.15) is 0 Å². The lowest BCUT2D eigenvalue weighted by Gasteiger charge is -2.02. The van der Waals surface area contributed by atoms with Gasteiger partial charge >= 0.3 is 0 Å². The van der Waals surface area contributed by atoms with Crippen molar-refractivity contribution < 1.29 is 8.78 Å². The number of pyridine rings is 1. The Labute approximate surface area is 99.1 Å². The molecule has 0 aromatic carbocycles. The van der Waals surface area contributed by atoms with Gasteiger partial charge in [-0.05, 0) is 6.07 Å². The Balaban J connectivity index is 2.57. The molecule has 2 heterocycles. The smallest absolute Gasteiger partial charge is 0.213 e. The van der Waals surface area contributed by atoms with Gasteiger partial charge in [0.15, 0.2) is 21.9 Å². The molecular weight excluding hydrogens is 259 g/mol. The molecule has 2 aromatic rings. The monoisotopic (exact) mass is 261 g/mol. The Kier molecular flexibility index (Phi) is 2.98. The summed E-state index contributed by atoms with van der Waals surface area (Å²) >= 11 is 11.0. The molecule has 0 radical (unpaired) electrons. The number of nitrogens with zero attached hydrogens (tertiary/aromatic N) is 3. The topological polar surface area (TPSA) is 38.7 Å². The van der Waals surface area contributed by atoms with Crippen LogP contribution in [-0.2, 0) is 0 Å². The maximum atomic E-state index is 13.0. The molecule has 0 spiro atoms. The van der Waals surface area contributed by atoms with Crippen molar-refractivity contribution in [2.75, 3.05) is 0 Å². The summed E-state index contributed by atoms with van der Waals surface area (Å²) in [7, 11) is 0. The van der Waals surface area contributed by atoms with Crippen LogP contribution in [0.15, 0.2) is 18.3 Å². The zero-order valence-corrected chi connectivity index (χ0v) is 9.10. The highest BCUT2D eigenvalue weighted by Gasteiger charge is 2.12. The molecule has 3 nitrogen and oxygen atoms in total. The van der Waals surface area contributed by atoms with E-state index in [4.69, 9.17) is 23.2 Å². The van der Waals surface area contributed by atoms with Gasteiger partial charge in [0.05, 0.1) is 0 Å². The Hall–Kier alpha value is -1.33. The minimum atomic E-state index is -0.901. The maximum Gasteiger partial charge on any atom is 0.213 e. The molecule has 0 aliphatic carbocycles. The van der Waals surface area contributed by atoms with Crippen LogP contribution in [0.25, 0.3) is 11.4 Å². The summed E-state index contributed by atoms with van der Waals surface area (Å²) in [4.78, 5) is 10.7. The van der Waals surface area contributed by atoms with Gasteiger partial charge in [-0.15, -0.1) is 0 Å². The molecule has 7 heteroatoms. The highest BCUT2D eigenvalue weighted by molar-refractivity contribution is 6.33. The molecule has 0 amide bonds. The van der Waals surface area contributed by atoms with Gasteiger partial charge < -0.3 is 0 Å². The molecule has 82 valence electrons. The van der Waals surface area contributed by atoms with Crippen molar-refractivity contribution in [3.8, 4) is 11.4 Å². The van der Waals surface area contributed by atoms with Crippen LogP contribution >= 0.6 is 23.2 Å². The summed E-state index contributed by atoms with van der Waals surface area (Å²) in [6.45, 7) is 0. The molecule has 2 aromatic heterocycles. The number of rotatable bonds is 1. The van der Waals surface area contributed by atoms with Crippen LogP contribution in [-0.4, -0.2) is 15.0 Å².